The van der Waals surface area contributed by atoms with E-state index in [2.05, 4.69) is 30.9 Å². The third kappa shape index (κ3) is 7.43. The van der Waals surface area contributed by atoms with Gasteiger partial charge in [-0.25, -0.2) is 18.3 Å². The van der Waals surface area contributed by atoms with Crippen molar-refractivity contribution in [3.8, 4) is 5.75 Å². The van der Waals surface area contributed by atoms with Gasteiger partial charge in [0.2, 0.25) is 11.8 Å². The Balaban J connectivity index is 0.864. The van der Waals surface area contributed by atoms with Crippen LogP contribution < -0.4 is 25.6 Å². The molecule has 3 aliphatic heterocycles. The lowest BCUT2D eigenvalue weighted by molar-refractivity contribution is -0.134. The van der Waals surface area contributed by atoms with Gasteiger partial charge in [0.25, 0.3) is 11.8 Å². The van der Waals surface area contributed by atoms with Crippen LogP contribution >= 0.6 is 0 Å². The zero-order valence-electron chi connectivity index (χ0n) is 30.3. The molecule has 2 aromatic carbocycles. The number of carbonyl (C=O) groups is 4. The summed E-state index contributed by atoms with van der Waals surface area (Å²) in [7, 11) is 0. The number of benzene rings is 2. The Kier molecular flexibility index (Phi) is 9.40. The number of amides is 4. The third-order valence-corrected chi connectivity index (χ3v) is 10.3. The number of fused-ring (bicyclic) bond motifs is 2. The number of anilines is 2. The van der Waals surface area contributed by atoms with Crippen molar-refractivity contribution < 1.29 is 32.7 Å². The molecule has 17 heteroatoms. The highest BCUT2D eigenvalue weighted by molar-refractivity contribution is 6.09. The van der Waals surface area contributed by atoms with Crippen LogP contribution in [-0.4, -0.2) is 103 Å². The Hall–Kier alpha value is -5.97. The van der Waals surface area contributed by atoms with Gasteiger partial charge in [-0.1, -0.05) is 0 Å². The molecule has 8 rings (SSSR count). The lowest BCUT2D eigenvalue weighted by atomic mass is 9.93. The van der Waals surface area contributed by atoms with Crippen LogP contribution in [0.15, 0.2) is 61.2 Å². The van der Waals surface area contributed by atoms with Crippen LogP contribution in [0, 0.1) is 5.82 Å². The van der Waals surface area contributed by atoms with E-state index in [-0.39, 0.29) is 56.1 Å². The first-order chi connectivity index (χ1) is 26.4. The van der Waals surface area contributed by atoms with Crippen LogP contribution in [0.4, 0.5) is 20.2 Å². The number of piperidine rings is 2. The van der Waals surface area contributed by atoms with Crippen molar-refractivity contribution in [2.24, 2.45) is 0 Å². The average molecular weight is 755 g/mol. The van der Waals surface area contributed by atoms with E-state index in [4.69, 9.17) is 9.84 Å². The van der Waals surface area contributed by atoms with Gasteiger partial charge in [0.1, 0.15) is 23.2 Å². The van der Waals surface area contributed by atoms with E-state index >= 15 is 8.78 Å². The van der Waals surface area contributed by atoms with E-state index in [1.165, 1.54) is 22.8 Å². The maximum Gasteiger partial charge on any atom is 0.261 e. The molecule has 3 fully saturated rings. The molecule has 4 amide bonds. The summed E-state index contributed by atoms with van der Waals surface area (Å²) in [6.07, 6.45) is 8.39. The predicted molar refractivity (Wildman–Crippen MR) is 197 cm³/mol. The molecule has 0 aliphatic carbocycles. The number of ether oxygens (including phenoxy) is 1. The maximum atomic E-state index is 15.9. The van der Waals surface area contributed by atoms with Crippen molar-refractivity contribution in [1.82, 2.24) is 39.9 Å². The van der Waals surface area contributed by atoms with Gasteiger partial charge in [0, 0.05) is 61.8 Å². The summed E-state index contributed by atoms with van der Waals surface area (Å²) < 4.78 is 40.4. The number of hydrogen-bond donors (Lipinski definition) is 3. The van der Waals surface area contributed by atoms with Gasteiger partial charge in [-0.05, 0) is 63.4 Å². The third-order valence-electron chi connectivity index (χ3n) is 10.3. The average Bonchev–Trinajstić information content (AvgIpc) is 3.76. The Morgan fingerprint density at radius 2 is 1.87 bits per heavy atom. The summed E-state index contributed by atoms with van der Waals surface area (Å²) in [5, 5.41) is 17.5. The Morgan fingerprint density at radius 3 is 2.62 bits per heavy atom. The second-order valence-corrected chi connectivity index (χ2v) is 14.7. The van der Waals surface area contributed by atoms with E-state index in [0.717, 1.165) is 23.7 Å². The number of hydrogen-bond acceptors (Lipinski definition) is 10. The van der Waals surface area contributed by atoms with Crippen LogP contribution in [0.25, 0.3) is 16.6 Å². The van der Waals surface area contributed by atoms with E-state index in [1.54, 1.807) is 29.4 Å². The van der Waals surface area contributed by atoms with Crippen molar-refractivity contribution in [2.45, 2.75) is 63.4 Å². The molecule has 1 unspecified atom stereocenters. The molecule has 1 atom stereocenters. The monoisotopic (exact) mass is 754 g/mol. The molecule has 5 aromatic rings. The second kappa shape index (κ2) is 14.4. The largest absolute Gasteiger partial charge is 0.489 e. The van der Waals surface area contributed by atoms with Crippen molar-refractivity contribution in [3.05, 3.63) is 78.1 Å². The molecule has 3 aliphatic rings. The number of aromatic nitrogens is 5. The molecule has 0 bridgehead atoms. The first-order valence-electron chi connectivity index (χ1n) is 18.3. The second-order valence-electron chi connectivity index (χ2n) is 14.7. The number of likely N-dealkylation sites (tertiary alicyclic amines) is 1. The van der Waals surface area contributed by atoms with E-state index < -0.39 is 35.2 Å². The highest BCUT2D eigenvalue weighted by atomic mass is 19.1. The highest BCUT2D eigenvalue weighted by Crippen LogP contribution is 2.36. The van der Waals surface area contributed by atoms with Crippen molar-refractivity contribution in [2.75, 3.05) is 42.9 Å². The summed E-state index contributed by atoms with van der Waals surface area (Å²) in [5.41, 5.74) is 0.768. The van der Waals surface area contributed by atoms with E-state index in [9.17, 15) is 19.2 Å². The summed E-state index contributed by atoms with van der Waals surface area (Å²) in [6, 6.07) is 8.69. The molecular weight excluding hydrogens is 714 g/mol. The number of nitrogens with one attached hydrogen (secondary N) is 3. The molecule has 55 heavy (non-hydrogen) atoms. The van der Waals surface area contributed by atoms with E-state index in [1.807, 2.05) is 36.9 Å². The minimum absolute atomic E-state index is 0.0862. The minimum atomic E-state index is -1.47. The number of rotatable bonds is 10. The smallest absolute Gasteiger partial charge is 0.261 e. The lowest BCUT2D eigenvalue weighted by Gasteiger charge is -2.48. The van der Waals surface area contributed by atoms with E-state index in [0.29, 0.717) is 41.4 Å². The molecule has 3 saturated heterocycles. The topological polar surface area (TPSA) is 168 Å². The Labute approximate surface area is 314 Å². The van der Waals surface area contributed by atoms with Gasteiger partial charge in [-0.2, -0.15) is 10.2 Å². The number of carbonyl (C=O) groups excluding carboxylic acids is 4. The summed E-state index contributed by atoms with van der Waals surface area (Å²) in [4.78, 5) is 57.5. The molecule has 15 nitrogen and oxygen atoms in total. The van der Waals surface area contributed by atoms with Crippen LogP contribution in [0.3, 0.4) is 0 Å². The highest BCUT2D eigenvalue weighted by Gasteiger charge is 2.45. The standard InChI is InChI=1S/C38H40F2N10O5/c1-22(2)55-32-16-30-23(14-31(32)44-36(53)27-17-42-49-11-3-10-41-34(27)49)18-50(46-30)24-8-12-47(13-9-24)19-38(40)20-48(21-38)25-4-5-26(28(39)15-25)35(52)43-29-6-7-33(51)45-37(29)54/h3-5,10-11,14-18,22,24,29H,6-9,12-13,19-21H2,1-2H3,(H,43,52)(H,44,53)(H,45,51,54). The summed E-state index contributed by atoms with van der Waals surface area (Å²) >= 11 is 0. The van der Waals surface area contributed by atoms with Crippen LogP contribution in [0.5, 0.6) is 5.75 Å². The maximum absolute atomic E-state index is 15.9. The number of halogens is 2. The van der Waals surface area contributed by atoms with Crippen molar-refractivity contribution in [3.63, 3.8) is 0 Å². The molecule has 6 heterocycles. The van der Waals surface area contributed by atoms with Crippen LogP contribution in [0.2, 0.25) is 0 Å². The van der Waals surface area contributed by atoms with Gasteiger partial charge in [0.15, 0.2) is 11.3 Å². The zero-order chi connectivity index (χ0) is 38.4. The molecule has 3 N–H and O–H groups in total. The van der Waals surface area contributed by atoms with Gasteiger partial charge >= 0.3 is 0 Å². The number of alkyl halides is 1. The molecule has 0 radical (unpaired) electrons. The summed E-state index contributed by atoms with van der Waals surface area (Å²) in [5.74, 6) is -2.44. The summed E-state index contributed by atoms with van der Waals surface area (Å²) in [6.45, 7) is 5.59. The van der Waals surface area contributed by atoms with Crippen molar-refractivity contribution in [1.29, 1.82) is 0 Å². The predicted octanol–water partition coefficient (Wildman–Crippen LogP) is 3.66. The first kappa shape index (κ1) is 36.0. The molecule has 3 aromatic heterocycles. The Bertz CT molecular complexity index is 2310. The number of nitrogens with zero attached hydrogens (tertiary/aromatic N) is 7. The fourth-order valence-corrected chi connectivity index (χ4v) is 7.50. The van der Waals surface area contributed by atoms with Crippen LogP contribution in [-0.2, 0) is 9.59 Å². The number of imide groups is 1. The minimum Gasteiger partial charge on any atom is -0.489 e. The van der Waals surface area contributed by atoms with Gasteiger partial charge in [-0.15, -0.1) is 0 Å². The van der Waals surface area contributed by atoms with Gasteiger partial charge in [-0.3, -0.25) is 34.1 Å². The van der Waals surface area contributed by atoms with Crippen molar-refractivity contribution >= 4 is 51.6 Å². The lowest BCUT2D eigenvalue weighted by Crippen LogP contribution is -2.64. The molecule has 0 saturated carbocycles. The normalized spacial score (nSPS) is 19.1. The molecule has 0 spiro atoms. The van der Waals surface area contributed by atoms with Gasteiger partial charge < -0.3 is 20.3 Å². The SMILES string of the molecule is CC(C)Oc1cc2nn(C3CCN(CC4(F)CN(c5ccc(C(=O)NC6CCC(=O)NC6=O)c(F)c5)C4)CC3)cc2cc1NC(=O)c1cnn2cccnc12. The Morgan fingerprint density at radius 1 is 1.07 bits per heavy atom. The fraction of sp³-hybridized carbons (Fsp3) is 0.395. The quantitative estimate of drug-likeness (QED) is 0.179. The first-order valence-corrected chi connectivity index (χ1v) is 18.3. The molecular formula is C38H40F2N10O5. The molecule has 286 valence electrons. The van der Waals surface area contributed by atoms with Gasteiger partial charge in [0.05, 0.1) is 48.2 Å². The zero-order valence-corrected chi connectivity index (χ0v) is 30.3. The van der Waals surface area contributed by atoms with Crippen LogP contribution in [0.1, 0.15) is 66.3 Å². The fourth-order valence-electron chi connectivity index (χ4n) is 7.50.